The lowest BCUT2D eigenvalue weighted by atomic mass is 9.96. The van der Waals surface area contributed by atoms with Gasteiger partial charge in [-0.15, -0.1) is 0 Å². The number of carbonyl (C=O) groups is 2. The summed E-state index contributed by atoms with van der Waals surface area (Å²) in [5.41, 5.74) is 1.76. The van der Waals surface area contributed by atoms with Gasteiger partial charge in [0.1, 0.15) is 23.6 Å². The Bertz CT molecular complexity index is 1290. The predicted molar refractivity (Wildman–Crippen MR) is 130 cm³/mol. The highest BCUT2D eigenvalue weighted by atomic mass is 19.1. The number of fused-ring (bicyclic) bond motifs is 1. The number of piperazine rings is 1. The molecule has 37 heavy (non-hydrogen) atoms. The molecule has 2 aliphatic heterocycles. The number of amides is 1. The summed E-state index contributed by atoms with van der Waals surface area (Å²) in [4.78, 5) is 28.2. The molecule has 9 heteroatoms. The van der Waals surface area contributed by atoms with Gasteiger partial charge in [0, 0.05) is 39.2 Å². The van der Waals surface area contributed by atoms with Gasteiger partial charge in [-0.05, 0) is 47.5 Å². The van der Waals surface area contributed by atoms with Gasteiger partial charge in [0.25, 0.3) is 5.91 Å². The van der Waals surface area contributed by atoms with Crippen molar-refractivity contribution in [2.24, 2.45) is 0 Å². The van der Waals surface area contributed by atoms with Crippen molar-refractivity contribution in [1.29, 1.82) is 0 Å². The van der Waals surface area contributed by atoms with E-state index in [-0.39, 0.29) is 29.3 Å². The van der Waals surface area contributed by atoms with Crippen LogP contribution in [0, 0.1) is 11.6 Å². The third kappa shape index (κ3) is 5.46. The second kappa shape index (κ2) is 10.4. The summed E-state index contributed by atoms with van der Waals surface area (Å²) in [7, 11) is 0. The predicted octanol–water partition coefficient (Wildman–Crippen LogP) is 4.44. The van der Waals surface area contributed by atoms with Crippen LogP contribution in [0.25, 0.3) is 0 Å². The van der Waals surface area contributed by atoms with Crippen LogP contribution in [-0.4, -0.2) is 47.9 Å². The first-order valence-electron chi connectivity index (χ1n) is 11.8. The summed E-state index contributed by atoms with van der Waals surface area (Å²) < 4.78 is 43.5. The zero-order valence-electron chi connectivity index (χ0n) is 20.0. The van der Waals surface area contributed by atoms with Crippen LogP contribution in [0.3, 0.4) is 0 Å². The number of hydrogen-bond acceptors (Lipinski definition) is 6. The zero-order chi connectivity index (χ0) is 25.9. The molecular weight excluding hydrogens is 482 g/mol. The first kappa shape index (κ1) is 24.5. The van der Waals surface area contributed by atoms with E-state index in [1.807, 2.05) is 0 Å². The van der Waals surface area contributed by atoms with E-state index >= 15 is 0 Å². The molecule has 3 aromatic carbocycles. The van der Waals surface area contributed by atoms with Crippen molar-refractivity contribution in [3.63, 3.8) is 0 Å². The van der Waals surface area contributed by atoms with Crippen LogP contribution in [0.5, 0.6) is 17.2 Å². The first-order valence-corrected chi connectivity index (χ1v) is 11.8. The van der Waals surface area contributed by atoms with Gasteiger partial charge in [-0.2, -0.15) is 0 Å². The molecule has 0 spiro atoms. The number of nitrogens with zero attached hydrogens (tertiary/aromatic N) is 2. The number of carbonyl (C=O) groups excluding carboxylic acids is 2. The normalized spacial score (nSPS) is 15.4. The molecule has 1 saturated heterocycles. The molecule has 2 heterocycles. The van der Waals surface area contributed by atoms with E-state index < -0.39 is 5.97 Å². The molecule has 3 aromatic rings. The molecular formula is C28H24F2N2O5. The maximum Gasteiger partial charge on any atom is 0.308 e. The molecule has 0 aromatic heterocycles. The standard InChI is InChI=1S/C28H24F2N2O5/c1-18(33)36-23-10-11-24-25(16-23)35-17-26(37-24)28(34)32-14-12-31(13-15-32)27(19-2-6-21(29)7-3-19)20-4-8-22(30)9-5-20/h2-11,16-17,27H,12-15H2,1H3. The average Bonchev–Trinajstić information content (AvgIpc) is 2.90. The zero-order valence-corrected chi connectivity index (χ0v) is 20.0. The topological polar surface area (TPSA) is 68.3 Å². The Balaban J connectivity index is 1.27. The highest BCUT2D eigenvalue weighted by Gasteiger charge is 2.31. The van der Waals surface area contributed by atoms with Gasteiger partial charge in [-0.1, -0.05) is 24.3 Å². The number of halogens is 2. The summed E-state index contributed by atoms with van der Waals surface area (Å²) in [6, 6.07) is 17.0. The van der Waals surface area contributed by atoms with Crippen molar-refractivity contribution in [3.8, 4) is 17.2 Å². The smallest absolute Gasteiger partial charge is 0.308 e. The van der Waals surface area contributed by atoms with Crippen LogP contribution < -0.4 is 14.2 Å². The van der Waals surface area contributed by atoms with Crippen LogP contribution in [-0.2, 0) is 9.59 Å². The molecule has 2 aliphatic rings. The minimum atomic E-state index is -0.455. The van der Waals surface area contributed by atoms with Crippen molar-refractivity contribution < 1.29 is 32.6 Å². The highest BCUT2D eigenvalue weighted by molar-refractivity contribution is 5.92. The monoisotopic (exact) mass is 506 g/mol. The summed E-state index contributed by atoms with van der Waals surface area (Å²) in [6.07, 6.45) is 1.24. The molecule has 1 fully saturated rings. The first-order chi connectivity index (χ1) is 17.9. The summed E-state index contributed by atoms with van der Waals surface area (Å²) in [5.74, 6) is -0.387. The molecule has 7 nitrogen and oxygen atoms in total. The van der Waals surface area contributed by atoms with Crippen molar-refractivity contribution in [2.45, 2.75) is 13.0 Å². The van der Waals surface area contributed by atoms with E-state index in [1.165, 1.54) is 43.5 Å². The SMILES string of the molecule is CC(=O)Oc1ccc2c(c1)OC=C(C(=O)N1CCN(C(c3ccc(F)cc3)c3ccc(F)cc3)CC1)O2. The van der Waals surface area contributed by atoms with Gasteiger partial charge in [0.2, 0.25) is 5.76 Å². The fourth-order valence-electron chi connectivity index (χ4n) is 4.49. The van der Waals surface area contributed by atoms with Crippen molar-refractivity contribution in [2.75, 3.05) is 26.2 Å². The Hall–Kier alpha value is -4.24. The van der Waals surface area contributed by atoms with E-state index in [0.717, 1.165) is 11.1 Å². The Kier molecular flexibility index (Phi) is 6.87. The van der Waals surface area contributed by atoms with E-state index in [1.54, 1.807) is 41.3 Å². The molecule has 5 rings (SSSR count). The molecule has 0 unspecified atom stereocenters. The van der Waals surface area contributed by atoms with Gasteiger partial charge in [0.05, 0.1) is 6.04 Å². The van der Waals surface area contributed by atoms with Crippen LogP contribution in [0.15, 0.2) is 78.8 Å². The lowest BCUT2D eigenvalue weighted by Gasteiger charge is -2.40. The second-order valence-corrected chi connectivity index (χ2v) is 8.74. The number of benzene rings is 3. The molecule has 0 bridgehead atoms. The number of esters is 1. The lowest BCUT2D eigenvalue weighted by molar-refractivity contribution is -0.132. The molecule has 0 N–H and O–H groups in total. The number of ether oxygens (including phenoxy) is 3. The van der Waals surface area contributed by atoms with Gasteiger partial charge >= 0.3 is 5.97 Å². The second-order valence-electron chi connectivity index (χ2n) is 8.74. The third-order valence-electron chi connectivity index (χ3n) is 6.24. The Morgan fingerprint density at radius 1 is 0.838 bits per heavy atom. The van der Waals surface area contributed by atoms with Crippen molar-refractivity contribution in [1.82, 2.24) is 9.80 Å². The summed E-state index contributed by atoms with van der Waals surface area (Å²) >= 11 is 0. The Morgan fingerprint density at radius 2 is 1.43 bits per heavy atom. The molecule has 0 aliphatic carbocycles. The fraction of sp³-hybridized carbons (Fsp3) is 0.214. The highest BCUT2D eigenvalue weighted by Crippen LogP contribution is 2.36. The van der Waals surface area contributed by atoms with Crippen LogP contribution >= 0.6 is 0 Å². The van der Waals surface area contributed by atoms with Crippen LogP contribution in [0.1, 0.15) is 24.1 Å². The molecule has 0 saturated carbocycles. The average molecular weight is 507 g/mol. The van der Waals surface area contributed by atoms with E-state index in [0.29, 0.717) is 43.4 Å². The fourth-order valence-corrected chi connectivity index (χ4v) is 4.49. The number of hydrogen-bond donors (Lipinski definition) is 0. The number of rotatable bonds is 5. The maximum absolute atomic E-state index is 13.6. The van der Waals surface area contributed by atoms with Gasteiger partial charge in [-0.3, -0.25) is 14.5 Å². The molecule has 1 amide bonds. The van der Waals surface area contributed by atoms with Gasteiger partial charge in [-0.25, -0.2) is 8.78 Å². The lowest BCUT2D eigenvalue weighted by Crippen LogP contribution is -2.50. The van der Waals surface area contributed by atoms with Crippen LogP contribution in [0.2, 0.25) is 0 Å². The quantitative estimate of drug-likeness (QED) is 0.377. The van der Waals surface area contributed by atoms with E-state index in [4.69, 9.17) is 14.2 Å². The maximum atomic E-state index is 13.6. The molecule has 190 valence electrons. The minimum absolute atomic E-state index is 0.0507. The van der Waals surface area contributed by atoms with Crippen LogP contribution in [0.4, 0.5) is 8.78 Å². The van der Waals surface area contributed by atoms with E-state index in [2.05, 4.69) is 4.90 Å². The Labute approximate surface area is 212 Å². The largest absolute Gasteiger partial charge is 0.457 e. The third-order valence-corrected chi connectivity index (χ3v) is 6.24. The van der Waals surface area contributed by atoms with E-state index in [9.17, 15) is 18.4 Å². The minimum Gasteiger partial charge on any atom is -0.457 e. The van der Waals surface area contributed by atoms with Crippen molar-refractivity contribution >= 4 is 11.9 Å². The summed E-state index contributed by atoms with van der Waals surface area (Å²) in [5, 5.41) is 0. The van der Waals surface area contributed by atoms with Gasteiger partial charge in [0.15, 0.2) is 11.5 Å². The summed E-state index contributed by atoms with van der Waals surface area (Å²) in [6.45, 7) is 3.24. The van der Waals surface area contributed by atoms with Gasteiger partial charge < -0.3 is 19.1 Å². The van der Waals surface area contributed by atoms with Crippen molar-refractivity contribution in [3.05, 3.63) is 102 Å². The molecule has 0 atom stereocenters. The Morgan fingerprint density at radius 3 is 2.00 bits per heavy atom. The molecule has 0 radical (unpaired) electrons.